The van der Waals surface area contributed by atoms with Gasteiger partial charge in [-0.1, -0.05) is 24.3 Å². The van der Waals surface area contributed by atoms with E-state index in [1.54, 1.807) is 0 Å². The molecule has 3 rings (SSSR count). The molecule has 0 amide bonds. The monoisotopic (exact) mass is 143 g/mol. The molecule has 3 aliphatic rings. The Hall–Kier alpha value is -1.11. The number of allylic oxidation sites excluding steroid dienone is 5. The van der Waals surface area contributed by atoms with Crippen LogP contribution in [-0.2, 0) is 0 Å². The summed E-state index contributed by atoms with van der Waals surface area (Å²) in [4.78, 5) is 4.13. The van der Waals surface area contributed by atoms with E-state index in [1.807, 2.05) is 12.4 Å². The average Bonchev–Trinajstić information content (AvgIpc) is 2.75. The minimum atomic E-state index is 0.385. The molecule has 0 bridgehead atoms. The second-order valence-electron chi connectivity index (χ2n) is 3.45. The second kappa shape index (κ2) is 1.55. The molecular weight excluding hydrogens is 134 g/mol. The van der Waals surface area contributed by atoms with Gasteiger partial charge in [-0.2, -0.15) is 0 Å². The van der Waals surface area contributed by atoms with Crippen molar-refractivity contribution in [1.29, 1.82) is 0 Å². The fraction of sp³-hybridized carbons (Fsp3) is 0.300. The molecule has 1 nitrogen and oxygen atoms in total. The van der Waals surface area contributed by atoms with Crippen LogP contribution < -0.4 is 0 Å². The highest BCUT2D eigenvalue weighted by atomic mass is 14.7. The Labute approximate surface area is 65.8 Å². The van der Waals surface area contributed by atoms with Gasteiger partial charge in [0.05, 0.1) is 0 Å². The molecule has 0 saturated heterocycles. The SMILES string of the molecule is C1=CC2CC23C=CN=CC3=C1. The van der Waals surface area contributed by atoms with Crippen molar-refractivity contribution in [1.82, 2.24) is 0 Å². The van der Waals surface area contributed by atoms with Crippen molar-refractivity contribution in [3.8, 4) is 0 Å². The fourth-order valence-corrected chi connectivity index (χ4v) is 2.08. The molecule has 2 unspecified atom stereocenters. The molecule has 2 aliphatic carbocycles. The van der Waals surface area contributed by atoms with E-state index < -0.39 is 0 Å². The van der Waals surface area contributed by atoms with Crippen molar-refractivity contribution in [2.45, 2.75) is 6.42 Å². The molecule has 0 aromatic heterocycles. The summed E-state index contributed by atoms with van der Waals surface area (Å²) in [7, 11) is 0. The van der Waals surface area contributed by atoms with Crippen LogP contribution in [0.5, 0.6) is 0 Å². The summed E-state index contributed by atoms with van der Waals surface area (Å²) in [5, 5.41) is 0. The summed E-state index contributed by atoms with van der Waals surface area (Å²) in [6, 6.07) is 0. The van der Waals surface area contributed by atoms with Gasteiger partial charge in [-0.05, 0) is 17.9 Å². The standard InChI is InChI=1S/C10H9N/c1-2-8-6-10(8)4-5-11-7-9(10)3-1/h1-5,7-8H,6H2. The molecule has 1 heterocycles. The van der Waals surface area contributed by atoms with Gasteiger partial charge in [-0.15, -0.1) is 0 Å². The first-order valence-corrected chi connectivity index (χ1v) is 4.02. The first-order valence-electron chi connectivity index (χ1n) is 4.02. The molecule has 0 aromatic rings. The van der Waals surface area contributed by atoms with E-state index in [1.165, 1.54) is 12.0 Å². The number of hydrogen-bond acceptors (Lipinski definition) is 1. The van der Waals surface area contributed by atoms with Crippen molar-refractivity contribution < 1.29 is 0 Å². The van der Waals surface area contributed by atoms with Gasteiger partial charge in [0.25, 0.3) is 0 Å². The summed E-state index contributed by atoms with van der Waals surface area (Å²) in [5.74, 6) is 0.769. The van der Waals surface area contributed by atoms with E-state index in [2.05, 4.69) is 29.3 Å². The number of hydrogen-bond donors (Lipinski definition) is 0. The van der Waals surface area contributed by atoms with Gasteiger partial charge in [0.1, 0.15) is 0 Å². The van der Waals surface area contributed by atoms with Crippen molar-refractivity contribution in [2.75, 3.05) is 0 Å². The van der Waals surface area contributed by atoms with E-state index in [0.717, 1.165) is 5.92 Å². The van der Waals surface area contributed by atoms with Crippen LogP contribution >= 0.6 is 0 Å². The minimum Gasteiger partial charge on any atom is -0.265 e. The highest BCUT2D eigenvalue weighted by Gasteiger charge is 2.54. The lowest BCUT2D eigenvalue weighted by atomic mass is 9.89. The van der Waals surface area contributed by atoms with E-state index in [0.29, 0.717) is 5.41 Å². The molecule has 11 heavy (non-hydrogen) atoms. The van der Waals surface area contributed by atoms with Crippen molar-refractivity contribution >= 4 is 6.21 Å². The normalized spacial score (nSPS) is 42.9. The maximum Gasteiger partial charge on any atom is 0.0308 e. The van der Waals surface area contributed by atoms with Crippen LogP contribution in [0.2, 0.25) is 0 Å². The van der Waals surface area contributed by atoms with Crippen LogP contribution in [0, 0.1) is 11.3 Å². The Morgan fingerprint density at radius 1 is 1.55 bits per heavy atom. The minimum absolute atomic E-state index is 0.385. The largest absolute Gasteiger partial charge is 0.265 e. The van der Waals surface area contributed by atoms with E-state index in [4.69, 9.17) is 0 Å². The molecule has 0 radical (unpaired) electrons. The third-order valence-electron chi connectivity index (χ3n) is 2.89. The molecule has 2 atom stereocenters. The summed E-state index contributed by atoms with van der Waals surface area (Å²) in [6.07, 6.45) is 14.1. The van der Waals surface area contributed by atoms with Crippen molar-refractivity contribution in [3.63, 3.8) is 0 Å². The lowest BCUT2D eigenvalue weighted by Crippen LogP contribution is -2.09. The van der Waals surface area contributed by atoms with Gasteiger partial charge in [0.2, 0.25) is 0 Å². The molecule has 0 aromatic carbocycles. The zero-order valence-electron chi connectivity index (χ0n) is 6.20. The second-order valence-corrected chi connectivity index (χ2v) is 3.45. The van der Waals surface area contributed by atoms with Crippen LogP contribution in [0.4, 0.5) is 0 Å². The highest BCUT2D eigenvalue weighted by molar-refractivity contribution is 5.85. The Bertz CT molecular complexity index is 320. The van der Waals surface area contributed by atoms with E-state index in [-0.39, 0.29) is 0 Å². The first kappa shape index (κ1) is 5.53. The smallest absolute Gasteiger partial charge is 0.0308 e. The summed E-state index contributed by atoms with van der Waals surface area (Å²) in [5.41, 5.74) is 1.78. The van der Waals surface area contributed by atoms with Gasteiger partial charge in [0.15, 0.2) is 0 Å². The average molecular weight is 143 g/mol. The molecule has 0 N–H and O–H groups in total. The van der Waals surface area contributed by atoms with Gasteiger partial charge in [0, 0.05) is 17.8 Å². The lowest BCUT2D eigenvalue weighted by Gasteiger charge is -2.17. The fourth-order valence-electron chi connectivity index (χ4n) is 2.08. The zero-order valence-corrected chi connectivity index (χ0v) is 6.20. The third kappa shape index (κ3) is 0.543. The van der Waals surface area contributed by atoms with Gasteiger partial charge in [-0.3, -0.25) is 4.99 Å². The molecular formula is C10H9N. The molecule has 1 spiro atoms. The van der Waals surface area contributed by atoms with Crippen LogP contribution in [0.25, 0.3) is 0 Å². The first-order chi connectivity index (χ1) is 5.42. The van der Waals surface area contributed by atoms with Crippen LogP contribution in [0.15, 0.2) is 41.1 Å². The number of aliphatic imine (C=N–C) groups is 1. The quantitative estimate of drug-likeness (QED) is 0.492. The van der Waals surface area contributed by atoms with Gasteiger partial charge in [-0.25, -0.2) is 0 Å². The summed E-state index contributed by atoms with van der Waals surface area (Å²) >= 11 is 0. The number of nitrogens with zero attached hydrogens (tertiary/aromatic N) is 1. The molecule has 54 valence electrons. The number of rotatable bonds is 0. The van der Waals surface area contributed by atoms with E-state index >= 15 is 0 Å². The van der Waals surface area contributed by atoms with Crippen LogP contribution in [0.1, 0.15) is 6.42 Å². The predicted octanol–water partition coefficient (Wildman–Crippen LogP) is 2.09. The van der Waals surface area contributed by atoms with Crippen LogP contribution in [-0.4, -0.2) is 6.21 Å². The maximum atomic E-state index is 4.13. The Morgan fingerprint density at radius 3 is 3.45 bits per heavy atom. The topological polar surface area (TPSA) is 12.4 Å². The Morgan fingerprint density at radius 2 is 2.55 bits per heavy atom. The van der Waals surface area contributed by atoms with Gasteiger partial charge >= 0.3 is 0 Å². The third-order valence-corrected chi connectivity index (χ3v) is 2.89. The lowest BCUT2D eigenvalue weighted by molar-refractivity contribution is 0.749. The maximum absolute atomic E-state index is 4.13. The Kier molecular flexibility index (Phi) is 0.780. The highest BCUT2D eigenvalue weighted by Crippen LogP contribution is 2.61. The zero-order chi connectivity index (χ0) is 7.31. The molecule has 1 saturated carbocycles. The van der Waals surface area contributed by atoms with Crippen molar-refractivity contribution in [3.05, 3.63) is 36.1 Å². The summed E-state index contributed by atoms with van der Waals surface area (Å²) < 4.78 is 0. The van der Waals surface area contributed by atoms with Crippen molar-refractivity contribution in [2.24, 2.45) is 16.3 Å². The van der Waals surface area contributed by atoms with Gasteiger partial charge < -0.3 is 0 Å². The van der Waals surface area contributed by atoms with E-state index in [9.17, 15) is 0 Å². The predicted molar refractivity (Wildman–Crippen MR) is 45.4 cm³/mol. The molecule has 1 aliphatic heterocycles. The molecule has 1 fully saturated rings. The molecule has 1 heteroatoms. The summed E-state index contributed by atoms with van der Waals surface area (Å²) in [6.45, 7) is 0. The Balaban J connectivity index is 2.18. The van der Waals surface area contributed by atoms with Crippen LogP contribution in [0.3, 0.4) is 0 Å².